The summed E-state index contributed by atoms with van der Waals surface area (Å²) in [6, 6.07) is -7.90. The van der Waals surface area contributed by atoms with E-state index in [4.69, 9.17) is 63.8 Å². The minimum atomic E-state index is -2.28. The van der Waals surface area contributed by atoms with Gasteiger partial charge in [-0.25, -0.2) is 29.7 Å². The van der Waals surface area contributed by atoms with Crippen LogP contribution in [0.15, 0.2) is 25.7 Å². The van der Waals surface area contributed by atoms with E-state index in [0.29, 0.717) is 41.6 Å². The molecule has 19 atom stereocenters. The van der Waals surface area contributed by atoms with Gasteiger partial charge in [-0.3, -0.25) is 43.5 Å². The van der Waals surface area contributed by atoms with E-state index in [0.717, 1.165) is 6.34 Å². The molecule has 3 aliphatic heterocycles. The number of anilines is 1. The van der Waals surface area contributed by atoms with E-state index in [1.807, 2.05) is 0 Å². The van der Waals surface area contributed by atoms with Crippen LogP contribution >= 0.6 is 22.7 Å². The number of aliphatic hydroxyl groups is 8. The van der Waals surface area contributed by atoms with Gasteiger partial charge in [-0.15, -0.1) is 22.7 Å². The molecule has 2 fully saturated rings. The van der Waals surface area contributed by atoms with Crippen molar-refractivity contribution in [3.05, 3.63) is 38.5 Å². The van der Waals surface area contributed by atoms with Crippen molar-refractivity contribution < 1.29 is 103 Å². The molecule has 3 aliphatic rings. The number of hydrogen-bond acceptors (Lipinski definition) is 33. The summed E-state index contributed by atoms with van der Waals surface area (Å²) in [4.78, 5) is 136. The van der Waals surface area contributed by atoms with E-state index in [-0.39, 0.29) is 60.0 Å². The van der Waals surface area contributed by atoms with Crippen molar-refractivity contribution in [2.75, 3.05) is 45.1 Å². The quantitative estimate of drug-likeness (QED) is 0.0148. The fourth-order valence-corrected chi connectivity index (χ4v) is 11.3. The number of nitrogens with one attached hydrogen (secondary N) is 6. The van der Waals surface area contributed by atoms with Gasteiger partial charge in [0.2, 0.25) is 29.5 Å². The Bertz CT molecular complexity index is 3340. The summed E-state index contributed by atoms with van der Waals surface area (Å²) in [6.07, 6.45) is -26.3. The smallest absolute Gasteiger partial charge is 0.404 e. The number of nitrogens with zero attached hydrogens (tertiary/aromatic N) is 7. The fraction of sp³-hybridized carbons (Fsp3) is 0.611. The number of ether oxygens (including phenoxy) is 5. The van der Waals surface area contributed by atoms with Gasteiger partial charge < -0.3 is 137 Å². The summed E-state index contributed by atoms with van der Waals surface area (Å²) < 4.78 is 28.1. The number of aromatic nitrogens is 4. The summed E-state index contributed by atoms with van der Waals surface area (Å²) in [6.45, 7) is 3.93. The molecule has 6 heterocycles. The number of nitrogen functional groups attached to an aromatic ring is 1. The average molecular weight is 1410 g/mol. The minimum absolute atomic E-state index is 0.0179. The first-order valence-corrected chi connectivity index (χ1v) is 31.7. The lowest BCUT2D eigenvalue weighted by atomic mass is 9.96. The molecular formula is C54H82N20O21S2. The fourth-order valence-electron chi connectivity index (χ4n) is 9.70. The molecule has 0 saturated carbocycles. The number of primary amides is 3. The molecule has 3 aromatic rings. The van der Waals surface area contributed by atoms with Crippen LogP contribution in [0.2, 0.25) is 0 Å². The second-order valence-electron chi connectivity index (χ2n) is 22.5. The lowest BCUT2D eigenvalue weighted by Crippen LogP contribution is -2.66. The summed E-state index contributed by atoms with van der Waals surface area (Å²) in [5, 5.41) is 108. The molecule has 0 spiro atoms. The highest BCUT2D eigenvalue weighted by Crippen LogP contribution is 2.32. The van der Waals surface area contributed by atoms with Gasteiger partial charge >= 0.3 is 6.09 Å². The third-order valence-electron chi connectivity index (χ3n) is 15.2. The highest BCUT2D eigenvalue weighted by atomic mass is 32.1. The normalized spacial score (nSPS) is 24.3. The van der Waals surface area contributed by atoms with E-state index >= 15 is 4.79 Å². The number of guanidine groups is 1. The first-order chi connectivity index (χ1) is 45.8. The maximum absolute atomic E-state index is 15.2. The van der Waals surface area contributed by atoms with E-state index in [1.54, 1.807) is 10.8 Å². The number of carbonyl (C=O) groups is 8. The van der Waals surface area contributed by atoms with Gasteiger partial charge in [0.05, 0.1) is 60.1 Å². The molecule has 0 aromatic carbocycles. The molecule has 6 rings (SSSR count). The van der Waals surface area contributed by atoms with Crippen LogP contribution in [0.1, 0.15) is 83.4 Å². The number of unbranched alkanes of at least 4 members (excludes halogenated alkanes) is 1. The lowest BCUT2D eigenvalue weighted by molar-refractivity contribution is -0.385. The standard InChI is InChI=1S/C54H82N20O21S2/c1-18-30(71-43(74-41(18)57)23(11-28(56)77)66-12-22(55)42(58)83)47(87)73-32(38(24-13-62-17-67-24)92-52-40(35(80)34(79)27(14-75)91-52)93-51-37(82)39(94-54(61)90)36(81)50(89)95-51)48(88)68-20(3)33(78)19(2)44(84)72-31(21(4)76)46(86)64-10-7-29-69-26(16-96-29)49-70-25(15-97-49)45(85)63-8-5-6-9-65-53(59)60/h15-17,19-23,27,31-40,50-52,66,75-76,78-82,89H,5-14,55H2,1-4H3,(H2,56,77)(H2,58,83)(H2,61,90)(H,63,85)(H,64,86)(H,68,88)(H,72,84)(H,73,87)(H2,57,71,74)(H4,59,60,65)/t19?,20-,21-,22+,23?,27+,31+,32+,33+,34-,35+,36+,37+,38+,39+,40+,50+,51+,52+/m1/s1. The molecule has 2 saturated heterocycles. The van der Waals surface area contributed by atoms with Crippen molar-refractivity contribution in [3.8, 4) is 10.7 Å². The van der Waals surface area contributed by atoms with Crippen LogP contribution in [0, 0.1) is 12.8 Å². The summed E-state index contributed by atoms with van der Waals surface area (Å²) in [5.74, 6) is -8.88. The number of amides is 8. The second-order valence-corrected chi connectivity index (χ2v) is 24.3. The molecule has 0 bridgehead atoms. The summed E-state index contributed by atoms with van der Waals surface area (Å²) in [5.41, 5.74) is 38.5. The van der Waals surface area contributed by atoms with Crippen molar-refractivity contribution in [3.63, 3.8) is 0 Å². The first-order valence-electron chi connectivity index (χ1n) is 30.0. The molecule has 0 radical (unpaired) electrons. The van der Waals surface area contributed by atoms with Gasteiger partial charge in [0.1, 0.15) is 94.9 Å². The Labute approximate surface area is 559 Å². The Balaban J connectivity index is 1.23. The number of carbonyl (C=O) groups excluding carboxylic acids is 8. The lowest BCUT2D eigenvalue weighted by Gasteiger charge is -2.46. The van der Waals surface area contributed by atoms with Crippen molar-refractivity contribution in [2.24, 2.45) is 55.3 Å². The Morgan fingerprint density at radius 3 is 2.14 bits per heavy atom. The molecule has 2 unspecified atom stereocenters. The van der Waals surface area contributed by atoms with Crippen LogP contribution in [0.4, 0.5) is 10.6 Å². The van der Waals surface area contributed by atoms with Crippen LogP contribution in [-0.4, -0.2) is 270 Å². The number of rotatable bonds is 35. The van der Waals surface area contributed by atoms with Crippen LogP contribution < -0.4 is 72.0 Å². The zero-order chi connectivity index (χ0) is 71.7. The van der Waals surface area contributed by atoms with Gasteiger partial charge in [0.15, 0.2) is 30.9 Å². The van der Waals surface area contributed by atoms with Crippen molar-refractivity contribution in [1.82, 2.24) is 51.8 Å². The molecule has 28 N–H and O–H groups in total. The maximum Gasteiger partial charge on any atom is 0.404 e. The van der Waals surface area contributed by atoms with Gasteiger partial charge in [-0.1, -0.05) is 6.92 Å². The Morgan fingerprint density at radius 2 is 1.51 bits per heavy atom. The van der Waals surface area contributed by atoms with Crippen molar-refractivity contribution >= 4 is 93.9 Å². The predicted octanol–water partition coefficient (Wildman–Crippen LogP) is -9.57. The van der Waals surface area contributed by atoms with Crippen LogP contribution in [0.25, 0.3) is 10.7 Å². The van der Waals surface area contributed by atoms with Crippen molar-refractivity contribution in [2.45, 2.75) is 163 Å². The molecule has 97 heavy (non-hydrogen) atoms. The van der Waals surface area contributed by atoms with E-state index < -0.39 is 183 Å². The van der Waals surface area contributed by atoms with Crippen LogP contribution in [-0.2, 0) is 54.1 Å². The molecular weight excluding hydrogens is 1330 g/mol. The summed E-state index contributed by atoms with van der Waals surface area (Å²) in [7, 11) is 0. The minimum Gasteiger partial charge on any atom is -0.440 e. The topological polar surface area (TPSA) is 688 Å². The highest BCUT2D eigenvalue weighted by Gasteiger charge is 2.54. The number of hydrogen-bond donors (Lipinski definition) is 21. The molecule has 8 amide bonds. The number of thiazole rings is 2. The Hall–Kier alpha value is -8.25. The van der Waals surface area contributed by atoms with E-state index in [2.05, 4.69) is 66.8 Å². The molecule has 43 heteroatoms. The number of aliphatic hydroxyl groups excluding tert-OH is 8. The van der Waals surface area contributed by atoms with Gasteiger partial charge in [-0.2, -0.15) is 0 Å². The zero-order valence-corrected chi connectivity index (χ0v) is 54.3. The van der Waals surface area contributed by atoms with E-state index in [1.165, 1.54) is 50.4 Å². The molecule has 0 aliphatic carbocycles. The van der Waals surface area contributed by atoms with Crippen molar-refractivity contribution in [1.29, 1.82) is 0 Å². The van der Waals surface area contributed by atoms with Gasteiger partial charge in [0.25, 0.3) is 11.8 Å². The average Bonchev–Trinajstić information content (AvgIpc) is 1.15. The SMILES string of the molecule is Cc1c(N)nc(C(CC(N)=O)NC[C@H](N)C(N)=O)nc1C(=O)N[C@H](C(=O)N[C@H](C)[C@@H](O)C(C)C(=O)N[C@H](C(=O)NCCc1nc(-c2nc(C(=O)NCCCCN=C(N)N)cs2)cs1)[C@@H](C)O)[C@@H](O[C@@H]1O[C@@H](CO)[C@@H](O)[C@H](O)[C@@H]1O[C@H]1O[C@H](O)[C@@H](O)[C@H](OC(N)=O)[C@@H]1O)C1=NC=NC1. The summed E-state index contributed by atoms with van der Waals surface area (Å²) >= 11 is 2.46. The zero-order valence-electron chi connectivity index (χ0n) is 52.6. The van der Waals surface area contributed by atoms with Crippen LogP contribution in [0.3, 0.4) is 0 Å². The van der Waals surface area contributed by atoms with Gasteiger partial charge in [0, 0.05) is 55.3 Å². The largest absolute Gasteiger partial charge is 0.440 e. The third kappa shape index (κ3) is 21.1. The predicted molar refractivity (Wildman–Crippen MR) is 338 cm³/mol. The molecule has 3 aromatic heterocycles. The highest BCUT2D eigenvalue weighted by molar-refractivity contribution is 7.14. The third-order valence-corrected chi connectivity index (χ3v) is 17.0. The second kappa shape index (κ2) is 35.8. The monoisotopic (exact) mass is 1410 g/mol. The first kappa shape index (κ1) is 77.8. The van der Waals surface area contributed by atoms with E-state index in [9.17, 15) is 74.4 Å². The Kier molecular flexibility index (Phi) is 28.7. The molecule has 536 valence electrons. The maximum atomic E-state index is 15.2. The number of aliphatic imine (C=N–C) groups is 3. The number of nitrogens with two attached hydrogens (primary N) is 7. The van der Waals surface area contributed by atoms with Crippen LogP contribution in [0.5, 0.6) is 0 Å². The van der Waals surface area contributed by atoms with Gasteiger partial charge in [-0.05, 0) is 33.6 Å². The molecule has 41 nitrogen and oxygen atoms in total. The Morgan fingerprint density at radius 1 is 0.784 bits per heavy atom.